The molecule has 1 aromatic carbocycles. The minimum Gasteiger partial charge on any atom is -0.444 e. The Labute approximate surface area is 205 Å². The van der Waals surface area contributed by atoms with Gasteiger partial charge in [-0.25, -0.2) is 22.2 Å². The molecule has 3 aromatic rings. The molecular formula is C25H28ClN3O4S. The lowest BCUT2D eigenvalue weighted by molar-refractivity contribution is 0.0285. The van der Waals surface area contributed by atoms with Crippen molar-refractivity contribution in [3.8, 4) is 11.3 Å². The Balaban J connectivity index is 2.05. The Morgan fingerprint density at radius 2 is 1.91 bits per heavy atom. The molecule has 0 aliphatic rings. The van der Waals surface area contributed by atoms with Gasteiger partial charge in [-0.2, -0.15) is 0 Å². The number of hydrogen-bond acceptors (Lipinski definition) is 5. The molecule has 0 saturated heterocycles. The summed E-state index contributed by atoms with van der Waals surface area (Å²) in [5.41, 5.74) is 1.63. The average molecular weight is 502 g/mol. The molecule has 1 amide bonds. The van der Waals surface area contributed by atoms with E-state index in [4.69, 9.17) is 16.3 Å². The third kappa shape index (κ3) is 5.87. The van der Waals surface area contributed by atoms with Gasteiger partial charge in [0.15, 0.2) is 0 Å². The number of rotatable bonds is 7. The minimum absolute atomic E-state index is 0.165. The number of pyridine rings is 1. The number of amides is 1. The van der Waals surface area contributed by atoms with E-state index in [1.165, 1.54) is 33.4 Å². The van der Waals surface area contributed by atoms with Crippen molar-refractivity contribution in [1.82, 2.24) is 13.9 Å². The van der Waals surface area contributed by atoms with E-state index in [1.807, 2.05) is 30.3 Å². The summed E-state index contributed by atoms with van der Waals surface area (Å²) >= 11 is 5.88. The van der Waals surface area contributed by atoms with Crippen LogP contribution in [0.5, 0.6) is 0 Å². The summed E-state index contributed by atoms with van der Waals surface area (Å²) in [6.45, 7) is 9.27. The Morgan fingerprint density at radius 3 is 2.47 bits per heavy atom. The van der Waals surface area contributed by atoms with Crippen LogP contribution in [0.2, 0.25) is 5.15 Å². The van der Waals surface area contributed by atoms with Gasteiger partial charge in [0, 0.05) is 19.4 Å². The number of halogens is 1. The standard InChI is InChI=1S/C25H28ClN3O4S/c1-6-22(20-12-13-23(26)27-15-20)34(31,32)29-17-18(14-21(29)19-10-8-7-9-11-19)16-28(5)24(30)33-25(2,3)4/h6-15,17,22H,1,16H2,2-5H3. The molecule has 0 spiro atoms. The molecule has 34 heavy (non-hydrogen) atoms. The van der Waals surface area contributed by atoms with Gasteiger partial charge in [-0.05, 0) is 49.6 Å². The van der Waals surface area contributed by atoms with E-state index in [1.54, 1.807) is 40.0 Å². The topological polar surface area (TPSA) is 81.5 Å². The van der Waals surface area contributed by atoms with E-state index in [-0.39, 0.29) is 11.7 Å². The number of carbonyl (C=O) groups is 1. The molecule has 2 heterocycles. The molecule has 0 aliphatic heterocycles. The van der Waals surface area contributed by atoms with Gasteiger partial charge in [-0.3, -0.25) is 0 Å². The van der Waals surface area contributed by atoms with Crippen LogP contribution in [-0.2, 0) is 21.3 Å². The summed E-state index contributed by atoms with van der Waals surface area (Å²) in [6.07, 6.45) is 3.82. The maximum Gasteiger partial charge on any atom is 0.410 e. The van der Waals surface area contributed by atoms with E-state index in [0.29, 0.717) is 22.4 Å². The summed E-state index contributed by atoms with van der Waals surface area (Å²) in [7, 11) is -2.37. The fourth-order valence-corrected chi connectivity index (χ4v) is 5.20. The molecule has 1 unspecified atom stereocenters. The molecule has 9 heteroatoms. The normalized spacial score (nSPS) is 12.7. The summed E-state index contributed by atoms with van der Waals surface area (Å²) in [6, 6.07) is 14.1. The van der Waals surface area contributed by atoms with Crippen molar-refractivity contribution in [3.63, 3.8) is 0 Å². The number of aromatic nitrogens is 2. The summed E-state index contributed by atoms with van der Waals surface area (Å²) in [5, 5.41) is -0.786. The lowest BCUT2D eigenvalue weighted by atomic mass is 10.1. The van der Waals surface area contributed by atoms with E-state index in [9.17, 15) is 13.2 Å². The molecule has 7 nitrogen and oxygen atoms in total. The van der Waals surface area contributed by atoms with Crippen molar-refractivity contribution in [2.75, 3.05) is 7.05 Å². The van der Waals surface area contributed by atoms with Crippen molar-refractivity contribution >= 4 is 27.7 Å². The van der Waals surface area contributed by atoms with E-state index < -0.39 is 27.0 Å². The number of nitrogens with zero attached hydrogens (tertiary/aromatic N) is 3. The molecule has 180 valence electrons. The first-order chi connectivity index (χ1) is 15.9. The monoisotopic (exact) mass is 501 g/mol. The van der Waals surface area contributed by atoms with Gasteiger partial charge in [0.1, 0.15) is 16.0 Å². The second-order valence-electron chi connectivity index (χ2n) is 8.85. The van der Waals surface area contributed by atoms with Crippen molar-refractivity contribution < 1.29 is 17.9 Å². The van der Waals surface area contributed by atoms with Crippen LogP contribution in [0.15, 0.2) is 73.6 Å². The van der Waals surface area contributed by atoms with Crippen molar-refractivity contribution in [3.05, 3.63) is 89.9 Å². The third-order valence-corrected chi connectivity index (χ3v) is 7.11. The van der Waals surface area contributed by atoms with Crippen molar-refractivity contribution in [2.45, 2.75) is 38.2 Å². The number of carbonyl (C=O) groups excluding carboxylic acids is 1. The highest BCUT2D eigenvalue weighted by atomic mass is 35.5. The van der Waals surface area contributed by atoms with Crippen LogP contribution < -0.4 is 0 Å². The van der Waals surface area contributed by atoms with Crippen LogP contribution in [0.3, 0.4) is 0 Å². The summed E-state index contributed by atoms with van der Waals surface area (Å²) < 4.78 is 34.2. The van der Waals surface area contributed by atoms with E-state index >= 15 is 0 Å². The number of benzene rings is 1. The van der Waals surface area contributed by atoms with Gasteiger partial charge in [-0.1, -0.05) is 54.1 Å². The maximum atomic E-state index is 13.8. The SMILES string of the molecule is C=CC(c1ccc(Cl)nc1)S(=O)(=O)n1cc(CN(C)C(=O)OC(C)(C)C)cc1-c1ccccc1. The molecule has 0 aliphatic carbocycles. The smallest absolute Gasteiger partial charge is 0.410 e. The first-order valence-electron chi connectivity index (χ1n) is 10.6. The van der Waals surface area contributed by atoms with Crippen LogP contribution in [-0.4, -0.2) is 41.0 Å². The highest BCUT2D eigenvalue weighted by molar-refractivity contribution is 7.90. The largest absolute Gasteiger partial charge is 0.444 e. The Hall–Kier alpha value is -3.10. The first-order valence-corrected chi connectivity index (χ1v) is 12.5. The van der Waals surface area contributed by atoms with Crippen LogP contribution in [0.25, 0.3) is 11.3 Å². The van der Waals surface area contributed by atoms with Crippen molar-refractivity contribution in [1.29, 1.82) is 0 Å². The van der Waals surface area contributed by atoms with Crippen LogP contribution in [0, 0.1) is 0 Å². The van der Waals surface area contributed by atoms with Crippen LogP contribution >= 0.6 is 11.6 Å². The molecular weight excluding hydrogens is 474 g/mol. The molecule has 0 N–H and O–H groups in total. The lowest BCUT2D eigenvalue weighted by Crippen LogP contribution is -2.33. The Morgan fingerprint density at radius 1 is 1.24 bits per heavy atom. The molecule has 3 rings (SSSR count). The molecule has 1 atom stereocenters. The van der Waals surface area contributed by atoms with Crippen LogP contribution in [0.4, 0.5) is 4.79 Å². The Bertz CT molecular complexity index is 1260. The quantitative estimate of drug-likeness (QED) is 0.307. The lowest BCUT2D eigenvalue weighted by Gasteiger charge is -2.24. The second-order valence-corrected chi connectivity index (χ2v) is 11.2. The first kappa shape index (κ1) is 25.5. The van der Waals surface area contributed by atoms with E-state index in [2.05, 4.69) is 11.6 Å². The highest BCUT2D eigenvalue weighted by Gasteiger charge is 2.30. The summed E-state index contributed by atoms with van der Waals surface area (Å²) in [5.74, 6) is 0. The highest BCUT2D eigenvalue weighted by Crippen LogP contribution is 2.32. The predicted molar refractivity (Wildman–Crippen MR) is 134 cm³/mol. The van der Waals surface area contributed by atoms with Gasteiger partial charge in [0.25, 0.3) is 0 Å². The maximum absolute atomic E-state index is 13.8. The summed E-state index contributed by atoms with van der Waals surface area (Å²) in [4.78, 5) is 17.9. The second kappa shape index (κ2) is 10.0. The zero-order chi connectivity index (χ0) is 25.1. The zero-order valence-electron chi connectivity index (χ0n) is 19.6. The zero-order valence-corrected chi connectivity index (χ0v) is 21.2. The molecule has 0 saturated carbocycles. The van der Waals surface area contributed by atoms with Gasteiger partial charge < -0.3 is 9.64 Å². The van der Waals surface area contributed by atoms with Crippen molar-refractivity contribution in [2.24, 2.45) is 0 Å². The average Bonchev–Trinajstić information content (AvgIpc) is 3.19. The molecule has 0 radical (unpaired) electrons. The number of ether oxygens (including phenoxy) is 1. The molecule has 2 aromatic heterocycles. The molecule has 0 fully saturated rings. The van der Waals surface area contributed by atoms with Gasteiger partial charge in [0.05, 0.1) is 12.2 Å². The number of hydrogen-bond donors (Lipinski definition) is 0. The fraction of sp³-hybridized carbons (Fsp3) is 0.280. The fourth-order valence-electron chi connectivity index (χ4n) is 3.40. The minimum atomic E-state index is -3.98. The predicted octanol–water partition coefficient (Wildman–Crippen LogP) is 5.68. The molecule has 0 bridgehead atoms. The van der Waals surface area contributed by atoms with Gasteiger partial charge in [0.2, 0.25) is 10.0 Å². The third-order valence-electron chi connectivity index (χ3n) is 4.93. The van der Waals surface area contributed by atoms with Gasteiger partial charge >= 0.3 is 6.09 Å². The van der Waals surface area contributed by atoms with Crippen LogP contribution in [0.1, 0.15) is 37.1 Å². The van der Waals surface area contributed by atoms with E-state index in [0.717, 1.165) is 0 Å². The Kier molecular flexibility index (Phi) is 7.53. The van der Waals surface area contributed by atoms with Gasteiger partial charge in [-0.15, -0.1) is 6.58 Å².